The molecule has 132 valence electrons. The number of ether oxygens (including phenoxy) is 2. The normalized spacial score (nSPS) is 17.4. The van der Waals surface area contributed by atoms with E-state index in [2.05, 4.69) is 10.2 Å². The van der Waals surface area contributed by atoms with Crippen LogP contribution in [0, 0.1) is 0 Å². The Morgan fingerprint density at radius 1 is 1.28 bits per heavy atom. The molecule has 1 aromatic heterocycles. The summed E-state index contributed by atoms with van der Waals surface area (Å²) in [5.74, 6) is -1.09. The van der Waals surface area contributed by atoms with Crippen molar-refractivity contribution in [2.45, 2.75) is 38.6 Å². The molecule has 2 aromatic rings. The largest absolute Gasteiger partial charge is 0.481 e. The molecule has 1 aliphatic heterocycles. The van der Waals surface area contributed by atoms with Gasteiger partial charge < -0.3 is 19.0 Å². The topological polar surface area (TPSA) is 112 Å². The van der Waals surface area contributed by atoms with Crippen LogP contribution in [0.5, 0.6) is 0 Å². The van der Waals surface area contributed by atoms with Gasteiger partial charge in [-0.25, -0.2) is 0 Å². The number of Topliss-reactive ketones (excluding diaryl/α,β-unsaturated/α-hetero) is 1. The van der Waals surface area contributed by atoms with Crippen LogP contribution in [-0.4, -0.2) is 40.0 Å². The smallest absolute Gasteiger partial charge is 0.311 e. The molecule has 0 radical (unpaired) electrons. The molecular weight excluding hydrogens is 328 g/mol. The Balaban J connectivity index is 1.65. The monoisotopic (exact) mass is 346 g/mol. The van der Waals surface area contributed by atoms with Crippen LogP contribution in [-0.2, 0) is 20.9 Å². The van der Waals surface area contributed by atoms with E-state index in [1.807, 2.05) is 0 Å². The molecule has 0 saturated carbocycles. The van der Waals surface area contributed by atoms with E-state index < -0.39 is 18.2 Å². The fraction of sp³-hybridized carbons (Fsp3) is 0.412. The molecule has 1 saturated heterocycles. The summed E-state index contributed by atoms with van der Waals surface area (Å²) in [6.07, 6.45) is 2.14. The second-order valence-electron chi connectivity index (χ2n) is 5.68. The van der Waals surface area contributed by atoms with E-state index in [1.54, 1.807) is 18.2 Å². The molecular formula is C17H18N2O6. The zero-order chi connectivity index (χ0) is 17.6. The maximum atomic E-state index is 11.8. The average Bonchev–Trinajstić information content (AvgIpc) is 3.09. The fourth-order valence-electron chi connectivity index (χ4n) is 2.50. The van der Waals surface area contributed by atoms with Gasteiger partial charge in [-0.2, -0.15) is 0 Å². The highest BCUT2D eigenvalue weighted by Crippen LogP contribution is 2.21. The first-order valence-electron chi connectivity index (χ1n) is 8.03. The molecule has 3 rings (SSSR count). The molecule has 8 nitrogen and oxygen atoms in total. The Kier molecular flexibility index (Phi) is 5.52. The number of benzene rings is 1. The lowest BCUT2D eigenvalue weighted by Crippen LogP contribution is -2.22. The number of ketones is 1. The van der Waals surface area contributed by atoms with Crippen LogP contribution in [0.3, 0.4) is 0 Å². The standard InChI is InChI=1S/C17H18N2O6/c20-13(9-15(21)22)11-4-3-5-12(8-11)17-19-18-14(25-17)10-24-16-6-1-2-7-23-16/h3-5,8,16H,1-2,6-7,9-10H2,(H,21,22). The molecule has 1 atom stereocenters. The molecule has 0 aliphatic carbocycles. The quantitative estimate of drug-likeness (QED) is 0.601. The van der Waals surface area contributed by atoms with Crippen LogP contribution in [0.15, 0.2) is 28.7 Å². The summed E-state index contributed by atoms with van der Waals surface area (Å²) in [5, 5.41) is 16.6. The number of carbonyl (C=O) groups excluding carboxylic acids is 1. The second kappa shape index (κ2) is 8.00. The Morgan fingerprint density at radius 3 is 2.92 bits per heavy atom. The summed E-state index contributed by atoms with van der Waals surface area (Å²) >= 11 is 0. The van der Waals surface area contributed by atoms with Gasteiger partial charge in [-0.1, -0.05) is 12.1 Å². The molecule has 0 amide bonds. The molecule has 1 aliphatic rings. The molecule has 1 N–H and O–H groups in total. The third-order valence-electron chi connectivity index (χ3n) is 3.74. The summed E-state index contributed by atoms with van der Waals surface area (Å²) in [7, 11) is 0. The zero-order valence-corrected chi connectivity index (χ0v) is 13.5. The van der Waals surface area contributed by atoms with Gasteiger partial charge in [0.2, 0.25) is 11.8 Å². The Morgan fingerprint density at radius 2 is 2.16 bits per heavy atom. The summed E-state index contributed by atoms with van der Waals surface area (Å²) in [5.41, 5.74) is 0.829. The predicted molar refractivity (Wildman–Crippen MR) is 84.7 cm³/mol. The molecule has 25 heavy (non-hydrogen) atoms. The van der Waals surface area contributed by atoms with E-state index in [4.69, 9.17) is 19.0 Å². The van der Waals surface area contributed by atoms with Crippen LogP contribution in [0.2, 0.25) is 0 Å². The molecule has 8 heteroatoms. The van der Waals surface area contributed by atoms with E-state index in [0.29, 0.717) is 18.1 Å². The number of carboxylic acids is 1. The van der Waals surface area contributed by atoms with Crippen molar-refractivity contribution >= 4 is 11.8 Å². The Bertz CT molecular complexity index is 751. The van der Waals surface area contributed by atoms with Gasteiger partial charge in [-0.05, 0) is 31.4 Å². The minimum absolute atomic E-state index is 0.148. The van der Waals surface area contributed by atoms with Crippen molar-refractivity contribution in [3.05, 3.63) is 35.7 Å². The van der Waals surface area contributed by atoms with Crippen LogP contribution in [0.1, 0.15) is 41.9 Å². The summed E-state index contributed by atoms with van der Waals surface area (Å²) in [4.78, 5) is 22.5. The summed E-state index contributed by atoms with van der Waals surface area (Å²) in [6, 6.07) is 6.43. The molecule has 1 fully saturated rings. The van der Waals surface area contributed by atoms with Crippen molar-refractivity contribution in [2.75, 3.05) is 6.61 Å². The number of carbonyl (C=O) groups is 2. The van der Waals surface area contributed by atoms with Crippen LogP contribution in [0.25, 0.3) is 11.5 Å². The number of hydrogen-bond acceptors (Lipinski definition) is 7. The van der Waals surface area contributed by atoms with Gasteiger partial charge in [0, 0.05) is 17.7 Å². The Labute approximate surface area is 143 Å². The van der Waals surface area contributed by atoms with Gasteiger partial charge in [0.05, 0.1) is 0 Å². The maximum Gasteiger partial charge on any atom is 0.311 e. The number of rotatable bonds is 7. The summed E-state index contributed by atoms with van der Waals surface area (Å²) in [6.45, 7) is 0.839. The van der Waals surface area contributed by atoms with Crippen LogP contribution in [0.4, 0.5) is 0 Å². The van der Waals surface area contributed by atoms with Crippen molar-refractivity contribution in [2.24, 2.45) is 0 Å². The van der Waals surface area contributed by atoms with E-state index in [9.17, 15) is 9.59 Å². The number of aliphatic carboxylic acids is 1. The third kappa shape index (κ3) is 4.71. The van der Waals surface area contributed by atoms with Crippen molar-refractivity contribution in [1.82, 2.24) is 10.2 Å². The number of carboxylic acid groups (broad SMARTS) is 1. The fourth-order valence-corrected chi connectivity index (χ4v) is 2.50. The lowest BCUT2D eigenvalue weighted by molar-refractivity contribution is -0.172. The first-order chi connectivity index (χ1) is 12.1. The highest BCUT2D eigenvalue weighted by molar-refractivity contribution is 6.05. The first kappa shape index (κ1) is 17.2. The number of nitrogens with zero attached hydrogens (tertiary/aromatic N) is 2. The van der Waals surface area contributed by atoms with Crippen LogP contribution < -0.4 is 0 Å². The molecule has 1 unspecified atom stereocenters. The molecule has 0 bridgehead atoms. The van der Waals surface area contributed by atoms with E-state index in [0.717, 1.165) is 19.3 Å². The van der Waals surface area contributed by atoms with Gasteiger partial charge >= 0.3 is 5.97 Å². The lowest BCUT2D eigenvalue weighted by Gasteiger charge is -2.21. The minimum atomic E-state index is -1.17. The maximum absolute atomic E-state index is 11.8. The van der Waals surface area contributed by atoms with Crippen molar-refractivity contribution in [3.8, 4) is 11.5 Å². The molecule has 2 heterocycles. The van der Waals surface area contributed by atoms with E-state index in [1.165, 1.54) is 6.07 Å². The van der Waals surface area contributed by atoms with Gasteiger partial charge in [0.25, 0.3) is 0 Å². The van der Waals surface area contributed by atoms with Gasteiger partial charge in [-0.15, -0.1) is 10.2 Å². The van der Waals surface area contributed by atoms with E-state index >= 15 is 0 Å². The minimum Gasteiger partial charge on any atom is -0.481 e. The van der Waals surface area contributed by atoms with Gasteiger partial charge in [0.1, 0.15) is 13.0 Å². The second-order valence-corrected chi connectivity index (χ2v) is 5.68. The number of aromatic nitrogens is 2. The van der Waals surface area contributed by atoms with Gasteiger partial charge in [-0.3, -0.25) is 9.59 Å². The lowest BCUT2D eigenvalue weighted by atomic mass is 10.1. The van der Waals surface area contributed by atoms with E-state index in [-0.39, 0.29) is 24.4 Å². The zero-order valence-electron chi connectivity index (χ0n) is 13.5. The third-order valence-corrected chi connectivity index (χ3v) is 3.74. The van der Waals surface area contributed by atoms with Crippen molar-refractivity contribution in [3.63, 3.8) is 0 Å². The predicted octanol–water partition coefficient (Wildman–Crippen LogP) is 2.44. The molecule has 0 spiro atoms. The number of hydrogen-bond donors (Lipinski definition) is 1. The summed E-state index contributed by atoms with van der Waals surface area (Å²) < 4.78 is 16.6. The van der Waals surface area contributed by atoms with Gasteiger partial charge in [0.15, 0.2) is 12.1 Å². The average molecular weight is 346 g/mol. The highest BCUT2D eigenvalue weighted by Gasteiger charge is 2.17. The Hall–Kier alpha value is -2.58. The molecule has 1 aromatic carbocycles. The van der Waals surface area contributed by atoms with Crippen LogP contribution >= 0.6 is 0 Å². The van der Waals surface area contributed by atoms with Crippen molar-refractivity contribution in [1.29, 1.82) is 0 Å². The van der Waals surface area contributed by atoms with Crippen molar-refractivity contribution < 1.29 is 28.6 Å². The SMILES string of the molecule is O=C(O)CC(=O)c1cccc(-c2nnc(COC3CCCCO3)o2)c1. The highest BCUT2D eigenvalue weighted by atomic mass is 16.7. The first-order valence-corrected chi connectivity index (χ1v) is 8.03.